The van der Waals surface area contributed by atoms with Crippen molar-refractivity contribution >= 4 is 5.69 Å². The first-order valence-corrected chi connectivity index (χ1v) is 6.98. The standard InChI is InChI=1S/C16H23N3/c1-5-14(6-2)19-10-15(17)16(18-19)13-8-11(3)7-12(4)9-13/h7-10,14H,5-6,17H2,1-4H3. The van der Waals surface area contributed by atoms with Gasteiger partial charge in [0.1, 0.15) is 5.69 Å². The van der Waals surface area contributed by atoms with Crippen molar-refractivity contribution in [3.8, 4) is 11.3 Å². The number of anilines is 1. The van der Waals surface area contributed by atoms with Crippen LogP contribution in [-0.2, 0) is 0 Å². The van der Waals surface area contributed by atoms with Crippen LogP contribution in [0, 0.1) is 13.8 Å². The van der Waals surface area contributed by atoms with Gasteiger partial charge in [0.25, 0.3) is 0 Å². The molecule has 2 N–H and O–H groups in total. The molecule has 3 nitrogen and oxygen atoms in total. The van der Waals surface area contributed by atoms with E-state index in [1.54, 1.807) is 0 Å². The second-order valence-electron chi connectivity index (χ2n) is 5.26. The molecule has 0 aliphatic heterocycles. The van der Waals surface area contributed by atoms with E-state index in [0.717, 1.165) is 29.8 Å². The molecule has 0 bridgehead atoms. The minimum atomic E-state index is 0.432. The number of aryl methyl sites for hydroxylation is 2. The minimum absolute atomic E-state index is 0.432. The molecule has 2 aromatic rings. The first-order valence-electron chi connectivity index (χ1n) is 6.98. The van der Waals surface area contributed by atoms with Crippen LogP contribution in [0.3, 0.4) is 0 Å². The van der Waals surface area contributed by atoms with Crippen LogP contribution in [0.25, 0.3) is 11.3 Å². The lowest BCUT2D eigenvalue weighted by molar-refractivity contribution is 0.429. The van der Waals surface area contributed by atoms with Crippen molar-refractivity contribution in [1.82, 2.24) is 9.78 Å². The fourth-order valence-electron chi connectivity index (χ4n) is 2.59. The molecule has 0 spiro atoms. The molecule has 19 heavy (non-hydrogen) atoms. The normalized spacial score (nSPS) is 11.2. The van der Waals surface area contributed by atoms with Gasteiger partial charge in [-0.2, -0.15) is 5.10 Å². The maximum absolute atomic E-state index is 6.14. The first-order chi connectivity index (χ1) is 9.05. The molecule has 0 amide bonds. The van der Waals surface area contributed by atoms with Crippen LogP contribution >= 0.6 is 0 Å². The predicted molar refractivity (Wildman–Crippen MR) is 81.2 cm³/mol. The number of aromatic nitrogens is 2. The fourth-order valence-corrected chi connectivity index (χ4v) is 2.59. The lowest BCUT2D eigenvalue weighted by Crippen LogP contribution is -2.07. The summed E-state index contributed by atoms with van der Waals surface area (Å²) < 4.78 is 2.02. The van der Waals surface area contributed by atoms with Crippen LogP contribution < -0.4 is 5.73 Å². The number of hydrogen-bond donors (Lipinski definition) is 1. The number of benzene rings is 1. The van der Waals surface area contributed by atoms with Gasteiger partial charge in [-0.15, -0.1) is 0 Å². The Bertz CT molecular complexity index is 545. The third-order valence-corrected chi connectivity index (χ3v) is 3.57. The molecule has 0 atom stereocenters. The summed E-state index contributed by atoms with van der Waals surface area (Å²) in [6.45, 7) is 8.57. The first kappa shape index (κ1) is 13.7. The predicted octanol–water partition coefficient (Wildman–Crippen LogP) is 4.11. The Balaban J connectivity index is 2.45. The topological polar surface area (TPSA) is 43.8 Å². The van der Waals surface area contributed by atoms with Crippen molar-refractivity contribution in [2.45, 2.75) is 46.6 Å². The third-order valence-electron chi connectivity index (χ3n) is 3.57. The summed E-state index contributed by atoms with van der Waals surface area (Å²) in [5.41, 5.74) is 11.4. The molecule has 0 radical (unpaired) electrons. The highest BCUT2D eigenvalue weighted by Crippen LogP contribution is 2.28. The highest BCUT2D eigenvalue weighted by atomic mass is 15.3. The molecule has 0 saturated carbocycles. The molecule has 0 saturated heterocycles. The minimum Gasteiger partial charge on any atom is -0.396 e. The molecule has 0 fully saturated rings. The maximum Gasteiger partial charge on any atom is 0.115 e. The molecule has 2 rings (SSSR count). The monoisotopic (exact) mass is 257 g/mol. The van der Waals surface area contributed by atoms with Gasteiger partial charge >= 0.3 is 0 Å². The van der Waals surface area contributed by atoms with Gasteiger partial charge in [0.15, 0.2) is 0 Å². The maximum atomic E-state index is 6.14. The largest absolute Gasteiger partial charge is 0.396 e. The SMILES string of the molecule is CCC(CC)n1cc(N)c(-c2cc(C)cc(C)c2)n1. The average molecular weight is 257 g/mol. The number of nitrogens with zero attached hydrogens (tertiary/aromatic N) is 2. The Hall–Kier alpha value is -1.77. The Morgan fingerprint density at radius 1 is 1.11 bits per heavy atom. The van der Waals surface area contributed by atoms with E-state index in [4.69, 9.17) is 10.8 Å². The zero-order valence-corrected chi connectivity index (χ0v) is 12.3. The van der Waals surface area contributed by atoms with E-state index in [-0.39, 0.29) is 0 Å². The van der Waals surface area contributed by atoms with Crippen LogP contribution in [0.2, 0.25) is 0 Å². The van der Waals surface area contributed by atoms with Gasteiger partial charge in [0.2, 0.25) is 0 Å². The van der Waals surface area contributed by atoms with Gasteiger partial charge in [0.05, 0.1) is 11.7 Å². The van der Waals surface area contributed by atoms with E-state index in [1.807, 2.05) is 10.9 Å². The molecular weight excluding hydrogens is 234 g/mol. The molecule has 1 heterocycles. The Morgan fingerprint density at radius 2 is 1.68 bits per heavy atom. The Labute approximate surface area is 115 Å². The molecule has 102 valence electrons. The zero-order valence-electron chi connectivity index (χ0n) is 12.3. The summed E-state index contributed by atoms with van der Waals surface area (Å²) in [5, 5.41) is 4.70. The van der Waals surface area contributed by atoms with Crippen molar-refractivity contribution < 1.29 is 0 Å². The molecule has 1 aromatic heterocycles. The van der Waals surface area contributed by atoms with E-state index < -0.39 is 0 Å². The van der Waals surface area contributed by atoms with Crippen molar-refractivity contribution in [3.05, 3.63) is 35.5 Å². The van der Waals surface area contributed by atoms with Crippen molar-refractivity contribution in [2.24, 2.45) is 0 Å². The summed E-state index contributed by atoms with van der Waals surface area (Å²) in [7, 11) is 0. The van der Waals surface area contributed by atoms with Gasteiger partial charge in [-0.1, -0.05) is 31.0 Å². The van der Waals surface area contributed by atoms with E-state index in [1.165, 1.54) is 11.1 Å². The van der Waals surface area contributed by atoms with Crippen LogP contribution in [0.1, 0.15) is 43.9 Å². The quantitative estimate of drug-likeness (QED) is 0.895. The number of hydrogen-bond acceptors (Lipinski definition) is 2. The van der Waals surface area contributed by atoms with Crippen LogP contribution in [0.5, 0.6) is 0 Å². The van der Waals surface area contributed by atoms with E-state index >= 15 is 0 Å². The van der Waals surface area contributed by atoms with Gasteiger partial charge in [-0.05, 0) is 38.8 Å². The van der Waals surface area contributed by atoms with Gasteiger partial charge in [0, 0.05) is 11.8 Å². The molecule has 1 aromatic carbocycles. The van der Waals surface area contributed by atoms with Crippen molar-refractivity contribution in [1.29, 1.82) is 0 Å². The average Bonchev–Trinajstić information content (AvgIpc) is 2.71. The number of rotatable bonds is 4. The number of nitrogen functional groups attached to an aromatic ring is 1. The van der Waals surface area contributed by atoms with Gasteiger partial charge in [-0.25, -0.2) is 0 Å². The fraction of sp³-hybridized carbons (Fsp3) is 0.438. The highest BCUT2D eigenvalue weighted by Gasteiger charge is 2.13. The summed E-state index contributed by atoms with van der Waals surface area (Å²) >= 11 is 0. The molecule has 0 unspecified atom stereocenters. The van der Waals surface area contributed by atoms with Crippen LogP contribution in [0.15, 0.2) is 24.4 Å². The van der Waals surface area contributed by atoms with E-state index in [0.29, 0.717) is 6.04 Å². The highest BCUT2D eigenvalue weighted by molar-refractivity contribution is 5.72. The number of nitrogens with two attached hydrogens (primary N) is 1. The van der Waals surface area contributed by atoms with Crippen LogP contribution in [-0.4, -0.2) is 9.78 Å². The lowest BCUT2D eigenvalue weighted by Gasteiger charge is -2.12. The second kappa shape index (κ2) is 5.47. The third kappa shape index (κ3) is 2.80. The summed E-state index contributed by atoms with van der Waals surface area (Å²) in [6, 6.07) is 6.88. The summed E-state index contributed by atoms with van der Waals surface area (Å²) in [6.07, 6.45) is 4.11. The lowest BCUT2D eigenvalue weighted by atomic mass is 10.0. The smallest absolute Gasteiger partial charge is 0.115 e. The van der Waals surface area contributed by atoms with Crippen LogP contribution in [0.4, 0.5) is 5.69 Å². The second-order valence-corrected chi connectivity index (χ2v) is 5.26. The summed E-state index contributed by atoms with van der Waals surface area (Å²) in [4.78, 5) is 0. The van der Waals surface area contributed by atoms with E-state index in [9.17, 15) is 0 Å². The molecule has 0 aliphatic rings. The molecule has 0 aliphatic carbocycles. The van der Waals surface area contributed by atoms with E-state index in [2.05, 4.69) is 45.9 Å². The Kier molecular flexibility index (Phi) is 3.93. The Morgan fingerprint density at radius 3 is 2.21 bits per heavy atom. The van der Waals surface area contributed by atoms with Gasteiger partial charge < -0.3 is 5.73 Å². The molecular formula is C16H23N3. The summed E-state index contributed by atoms with van der Waals surface area (Å²) in [5.74, 6) is 0. The molecule has 3 heteroatoms. The zero-order chi connectivity index (χ0) is 14.0. The van der Waals surface area contributed by atoms with Crippen molar-refractivity contribution in [3.63, 3.8) is 0 Å². The van der Waals surface area contributed by atoms with Crippen molar-refractivity contribution in [2.75, 3.05) is 5.73 Å². The van der Waals surface area contributed by atoms with Gasteiger partial charge in [-0.3, -0.25) is 4.68 Å².